The maximum Gasteiger partial charge on any atom is 0.242 e. The first kappa shape index (κ1) is 25.1. The summed E-state index contributed by atoms with van der Waals surface area (Å²) in [4.78, 5) is 31.4. The summed E-state index contributed by atoms with van der Waals surface area (Å²) in [5, 5.41) is 3.60. The van der Waals surface area contributed by atoms with Gasteiger partial charge < -0.3 is 29.3 Å². The summed E-state index contributed by atoms with van der Waals surface area (Å²) < 4.78 is 16.8. The van der Waals surface area contributed by atoms with E-state index in [2.05, 4.69) is 24.1 Å². The van der Waals surface area contributed by atoms with Crippen LogP contribution in [0.4, 0.5) is 11.4 Å². The highest BCUT2D eigenvalue weighted by molar-refractivity contribution is 6.02. The van der Waals surface area contributed by atoms with Crippen LogP contribution in [0.1, 0.15) is 38.3 Å². The number of morpholine rings is 1. The first-order valence-electron chi connectivity index (χ1n) is 12.8. The molecule has 1 unspecified atom stereocenters. The number of methoxy groups -OCH3 is 2. The standard InChI is InChI=1S/C29H35N3O5/c1-29(2)16-22-27(24(33)17-29)28(20-15-19(35-3)9-10-25(20)36-4)32(23-8-6-5-7-21(23)30-22)18-26(34)31-11-13-37-14-12-31/h5-10,15,28,30H,11-14,16-18H2,1-4H3. The molecule has 2 aromatic rings. The highest BCUT2D eigenvalue weighted by atomic mass is 16.5. The minimum absolute atomic E-state index is 0.00222. The first-order valence-corrected chi connectivity index (χ1v) is 12.8. The molecule has 1 saturated heterocycles. The minimum Gasteiger partial charge on any atom is -0.497 e. The van der Waals surface area contributed by atoms with Crippen molar-refractivity contribution < 1.29 is 23.8 Å². The van der Waals surface area contributed by atoms with Gasteiger partial charge in [0.2, 0.25) is 5.91 Å². The van der Waals surface area contributed by atoms with E-state index in [1.54, 1.807) is 14.2 Å². The van der Waals surface area contributed by atoms with E-state index in [9.17, 15) is 9.59 Å². The number of Topliss-reactive ketones (excluding diaryl/α,β-unsaturated/α-hetero) is 1. The second kappa shape index (κ2) is 10.1. The molecule has 196 valence electrons. The Morgan fingerprint density at radius 3 is 2.57 bits per heavy atom. The number of nitrogens with one attached hydrogen (secondary N) is 1. The number of allylic oxidation sites excluding steroid dienone is 1. The summed E-state index contributed by atoms with van der Waals surface area (Å²) in [6.07, 6.45) is 1.15. The number of nitrogens with zero attached hydrogens (tertiary/aromatic N) is 2. The Morgan fingerprint density at radius 2 is 1.84 bits per heavy atom. The lowest BCUT2D eigenvalue weighted by Gasteiger charge is -2.39. The number of hydrogen-bond donors (Lipinski definition) is 1. The van der Waals surface area contributed by atoms with Crippen molar-refractivity contribution in [1.29, 1.82) is 0 Å². The van der Waals surface area contributed by atoms with Gasteiger partial charge in [-0.25, -0.2) is 0 Å². The van der Waals surface area contributed by atoms with Crippen LogP contribution >= 0.6 is 0 Å². The second-order valence-electron chi connectivity index (χ2n) is 10.6. The molecule has 0 aromatic heterocycles. The van der Waals surface area contributed by atoms with Crippen molar-refractivity contribution in [3.05, 3.63) is 59.3 Å². The van der Waals surface area contributed by atoms with Crippen LogP contribution in [0.25, 0.3) is 0 Å². The number of para-hydroxylation sites is 2. The molecule has 5 rings (SSSR count). The zero-order chi connectivity index (χ0) is 26.2. The summed E-state index contributed by atoms with van der Waals surface area (Å²) in [5.74, 6) is 1.37. The Labute approximate surface area is 218 Å². The average Bonchev–Trinajstić information content (AvgIpc) is 3.02. The van der Waals surface area contributed by atoms with Crippen molar-refractivity contribution in [2.75, 3.05) is 57.3 Å². The molecule has 0 radical (unpaired) electrons. The lowest BCUT2D eigenvalue weighted by molar-refractivity contribution is -0.133. The molecule has 1 N–H and O–H groups in total. The molecule has 3 aliphatic rings. The normalized spacial score (nSPS) is 21.0. The van der Waals surface area contributed by atoms with Crippen LogP contribution in [0.2, 0.25) is 0 Å². The van der Waals surface area contributed by atoms with Gasteiger partial charge in [-0.1, -0.05) is 26.0 Å². The van der Waals surface area contributed by atoms with Gasteiger partial charge in [-0.3, -0.25) is 9.59 Å². The van der Waals surface area contributed by atoms with E-state index in [0.29, 0.717) is 49.8 Å². The third kappa shape index (κ3) is 4.90. The molecular formula is C29H35N3O5. The van der Waals surface area contributed by atoms with Gasteiger partial charge in [-0.2, -0.15) is 0 Å². The van der Waals surface area contributed by atoms with Crippen molar-refractivity contribution >= 4 is 23.1 Å². The number of carbonyl (C=O) groups excluding carboxylic acids is 2. The molecule has 2 heterocycles. The van der Waals surface area contributed by atoms with Crippen molar-refractivity contribution in [1.82, 2.24) is 4.90 Å². The van der Waals surface area contributed by atoms with E-state index in [-0.39, 0.29) is 23.7 Å². The van der Waals surface area contributed by atoms with Gasteiger partial charge in [-0.05, 0) is 42.2 Å². The van der Waals surface area contributed by atoms with E-state index in [0.717, 1.165) is 29.1 Å². The van der Waals surface area contributed by atoms with Crippen molar-refractivity contribution in [2.45, 2.75) is 32.7 Å². The van der Waals surface area contributed by atoms with Crippen LogP contribution in [0, 0.1) is 5.41 Å². The van der Waals surface area contributed by atoms with Gasteiger partial charge >= 0.3 is 0 Å². The van der Waals surface area contributed by atoms with Crippen molar-refractivity contribution in [2.24, 2.45) is 5.41 Å². The number of ether oxygens (including phenoxy) is 3. The van der Waals surface area contributed by atoms with Gasteiger partial charge in [0.05, 0.1) is 51.4 Å². The number of carbonyl (C=O) groups is 2. The monoisotopic (exact) mass is 505 g/mol. The van der Waals surface area contributed by atoms with Gasteiger partial charge in [0.1, 0.15) is 11.5 Å². The van der Waals surface area contributed by atoms with Crippen LogP contribution in [-0.4, -0.2) is 63.7 Å². The molecule has 1 fully saturated rings. The van der Waals surface area contributed by atoms with Crippen LogP contribution in [0.5, 0.6) is 11.5 Å². The maximum absolute atomic E-state index is 13.9. The summed E-state index contributed by atoms with van der Waals surface area (Å²) >= 11 is 0. The lowest BCUT2D eigenvalue weighted by Crippen LogP contribution is -2.47. The number of hydrogen-bond acceptors (Lipinski definition) is 7. The number of fused-ring (bicyclic) bond motifs is 1. The second-order valence-corrected chi connectivity index (χ2v) is 10.6. The Hall–Kier alpha value is -3.52. The Morgan fingerprint density at radius 1 is 1.08 bits per heavy atom. The fourth-order valence-electron chi connectivity index (χ4n) is 5.66. The van der Waals surface area contributed by atoms with Crippen LogP contribution in [0.3, 0.4) is 0 Å². The van der Waals surface area contributed by atoms with Crippen molar-refractivity contribution in [3.63, 3.8) is 0 Å². The molecule has 8 nitrogen and oxygen atoms in total. The molecule has 0 bridgehead atoms. The number of amides is 1. The quantitative estimate of drug-likeness (QED) is 0.653. The Balaban J connectivity index is 1.72. The number of benzene rings is 2. The molecule has 37 heavy (non-hydrogen) atoms. The van der Waals surface area contributed by atoms with Crippen molar-refractivity contribution in [3.8, 4) is 11.5 Å². The molecule has 1 aliphatic carbocycles. The molecule has 1 atom stereocenters. The maximum atomic E-state index is 13.9. The average molecular weight is 506 g/mol. The molecule has 0 saturated carbocycles. The fourth-order valence-corrected chi connectivity index (χ4v) is 5.66. The molecule has 1 amide bonds. The molecule has 2 aromatic carbocycles. The third-order valence-corrected chi connectivity index (χ3v) is 7.40. The summed E-state index contributed by atoms with van der Waals surface area (Å²) in [5.41, 5.74) is 3.91. The van der Waals surface area contributed by atoms with Gasteiger partial charge in [0.25, 0.3) is 0 Å². The number of ketones is 1. The van der Waals surface area contributed by atoms with Gasteiger partial charge in [-0.15, -0.1) is 0 Å². The predicted molar refractivity (Wildman–Crippen MR) is 142 cm³/mol. The van der Waals surface area contributed by atoms with Crippen LogP contribution < -0.4 is 19.7 Å². The molecule has 2 aliphatic heterocycles. The fraction of sp³-hybridized carbons (Fsp3) is 0.448. The highest BCUT2D eigenvalue weighted by Gasteiger charge is 2.43. The Kier molecular flexibility index (Phi) is 6.86. The minimum atomic E-state index is -0.537. The van der Waals surface area contributed by atoms with Crippen LogP contribution in [0.15, 0.2) is 53.7 Å². The Bertz CT molecular complexity index is 1230. The van der Waals surface area contributed by atoms with Gasteiger partial charge in [0.15, 0.2) is 5.78 Å². The van der Waals surface area contributed by atoms with E-state index < -0.39 is 6.04 Å². The topological polar surface area (TPSA) is 80.3 Å². The molecule has 8 heteroatoms. The third-order valence-electron chi connectivity index (χ3n) is 7.40. The SMILES string of the molecule is COc1ccc(OC)c(C2C3=C(CC(C)(C)CC3=O)Nc3ccccc3N2CC(=O)N2CCOCC2)c1. The summed E-state index contributed by atoms with van der Waals surface area (Å²) in [6, 6.07) is 13.0. The zero-order valence-corrected chi connectivity index (χ0v) is 22.0. The predicted octanol–water partition coefficient (Wildman–Crippen LogP) is 4.18. The number of rotatable bonds is 5. The van der Waals surface area contributed by atoms with E-state index >= 15 is 0 Å². The van der Waals surface area contributed by atoms with E-state index in [1.807, 2.05) is 47.4 Å². The lowest BCUT2D eigenvalue weighted by atomic mass is 9.73. The van der Waals surface area contributed by atoms with E-state index in [4.69, 9.17) is 14.2 Å². The molecular weight excluding hydrogens is 470 g/mol. The first-order chi connectivity index (χ1) is 17.8. The highest BCUT2D eigenvalue weighted by Crippen LogP contribution is 2.50. The van der Waals surface area contributed by atoms with E-state index in [1.165, 1.54) is 0 Å². The summed E-state index contributed by atoms with van der Waals surface area (Å²) in [6.45, 7) is 6.51. The zero-order valence-electron chi connectivity index (χ0n) is 22.0. The smallest absolute Gasteiger partial charge is 0.242 e. The number of anilines is 2. The molecule has 0 spiro atoms. The van der Waals surface area contributed by atoms with Gasteiger partial charge in [0, 0.05) is 36.3 Å². The largest absolute Gasteiger partial charge is 0.497 e. The van der Waals surface area contributed by atoms with Crippen LogP contribution in [-0.2, 0) is 14.3 Å². The summed E-state index contributed by atoms with van der Waals surface area (Å²) in [7, 11) is 3.24.